The first-order valence-corrected chi connectivity index (χ1v) is 23.6. The topological polar surface area (TPSA) is 272 Å². The Kier molecular flexibility index (Phi) is 20.0. The van der Waals surface area contributed by atoms with Crippen LogP contribution in [0.4, 0.5) is 0 Å². The summed E-state index contributed by atoms with van der Waals surface area (Å²) < 4.78 is 18.1. The van der Waals surface area contributed by atoms with Crippen LogP contribution in [-0.4, -0.2) is 109 Å². The van der Waals surface area contributed by atoms with Crippen LogP contribution >= 0.6 is 7.82 Å². The molecule has 64 heavy (non-hydrogen) atoms. The van der Waals surface area contributed by atoms with Gasteiger partial charge in [0.2, 0.25) is 35.4 Å². The van der Waals surface area contributed by atoms with Crippen LogP contribution in [0.25, 0.3) is 10.9 Å². The van der Waals surface area contributed by atoms with Crippen LogP contribution in [-0.2, 0) is 57.2 Å². The molecule has 1 aliphatic rings. The van der Waals surface area contributed by atoms with E-state index in [0.717, 1.165) is 62.8 Å². The third kappa shape index (κ3) is 15.8. The Bertz CT molecular complexity index is 2090. The number of likely N-dealkylation sites (tertiary alicyclic amines) is 1. The number of aliphatic hydroxyl groups is 1. The molecule has 2 heterocycles. The van der Waals surface area contributed by atoms with Crippen LogP contribution in [0.1, 0.15) is 96.6 Å². The second-order valence-electron chi connectivity index (χ2n) is 17.0. The van der Waals surface area contributed by atoms with Gasteiger partial charge < -0.3 is 51.4 Å². The van der Waals surface area contributed by atoms with E-state index in [1.165, 1.54) is 17.4 Å². The van der Waals surface area contributed by atoms with Crippen molar-refractivity contribution in [1.82, 2.24) is 30.7 Å². The number of primary amides is 1. The fourth-order valence-corrected chi connectivity index (χ4v) is 8.69. The maximum Gasteiger partial charge on any atom is 0.469 e. The lowest BCUT2D eigenvalue weighted by Crippen LogP contribution is -2.61. The van der Waals surface area contributed by atoms with E-state index in [0.29, 0.717) is 31.5 Å². The number of carbonyl (C=O) groups excluding carboxylic acids is 6. The van der Waals surface area contributed by atoms with Gasteiger partial charge >= 0.3 is 7.82 Å². The first-order valence-electron chi connectivity index (χ1n) is 22.1. The molecule has 19 heteroatoms. The molecule has 4 rings (SSSR count). The third-order valence-electron chi connectivity index (χ3n) is 11.4. The summed E-state index contributed by atoms with van der Waals surface area (Å²) in [5, 5.41) is 21.3. The van der Waals surface area contributed by atoms with Gasteiger partial charge in [0.15, 0.2) is 0 Å². The number of hydrogen-bond acceptors (Lipinski definition) is 9. The molecule has 9 N–H and O–H groups in total. The number of nitrogens with one attached hydrogen (secondary N) is 4. The van der Waals surface area contributed by atoms with Crippen LogP contribution in [0.2, 0.25) is 0 Å². The first-order chi connectivity index (χ1) is 30.4. The van der Waals surface area contributed by atoms with E-state index in [4.69, 9.17) is 5.73 Å². The zero-order chi connectivity index (χ0) is 47.0. The smallest absolute Gasteiger partial charge is 0.394 e. The fourth-order valence-electron chi connectivity index (χ4n) is 8.14. The Labute approximate surface area is 374 Å². The maximum atomic E-state index is 14.3. The number of nitrogens with two attached hydrogens (primary N) is 1. The molecule has 0 spiro atoms. The summed E-state index contributed by atoms with van der Waals surface area (Å²) in [5.41, 5.74) is 8.35. The number of aryl methyl sites for hydroxylation is 2. The van der Waals surface area contributed by atoms with Crippen molar-refractivity contribution in [3.05, 3.63) is 71.9 Å². The molecular formula is C45H66N7O11P. The van der Waals surface area contributed by atoms with Crippen molar-refractivity contribution in [2.75, 3.05) is 13.2 Å². The van der Waals surface area contributed by atoms with Gasteiger partial charge in [0, 0.05) is 43.5 Å². The van der Waals surface area contributed by atoms with Crippen molar-refractivity contribution in [3.63, 3.8) is 0 Å². The number of unbranched alkanes of at least 4 members (excludes halogenated alkanes) is 5. The molecule has 352 valence electrons. The van der Waals surface area contributed by atoms with Gasteiger partial charge in [-0.1, -0.05) is 88.1 Å². The molecule has 1 aromatic heterocycles. The first kappa shape index (κ1) is 51.5. The van der Waals surface area contributed by atoms with E-state index in [1.807, 2.05) is 50.4 Å². The molecular weight excluding hydrogens is 846 g/mol. The molecule has 0 aliphatic carbocycles. The summed E-state index contributed by atoms with van der Waals surface area (Å²) in [4.78, 5) is 99.8. The summed E-state index contributed by atoms with van der Waals surface area (Å²) in [6.45, 7) is 6.33. The number of hydrogen-bond donors (Lipinski definition) is 8. The van der Waals surface area contributed by atoms with Gasteiger partial charge in [-0.3, -0.25) is 33.3 Å². The van der Waals surface area contributed by atoms with E-state index >= 15 is 0 Å². The van der Waals surface area contributed by atoms with Gasteiger partial charge in [0.1, 0.15) is 30.2 Å². The van der Waals surface area contributed by atoms with Crippen LogP contribution in [0, 0.1) is 5.92 Å². The van der Waals surface area contributed by atoms with Gasteiger partial charge in [-0.05, 0) is 68.6 Å². The highest BCUT2D eigenvalue weighted by atomic mass is 31.2. The number of phosphoric ester groups is 1. The van der Waals surface area contributed by atoms with Gasteiger partial charge in [0.05, 0.1) is 12.7 Å². The summed E-state index contributed by atoms with van der Waals surface area (Å²) in [5.74, 6) is -4.76. The van der Waals surface area contributed by atoms with Crippen molar-refractivity contribution in [3.8, 4) is 0 Å². The van der Waals surface area contributed by atoms with Crippen LogP contribution < -0.4 is 27.0 Å². The highest BCUT2D eigenvalue weighted by Gasteiger charge is 2.37. The van der Waals surface area contributed by atoms with Gasteiger partial charge in [0.25, 0.3) is 0 Å². The monoisotopic (exact) mass is 911 g/mol. The average Bonchev–Trinajstić information content (AvgIpc) is 3.87. The highest BCUT2D eigenvalue weighted by Crippen LogP contribution is 2.38. The summed E-state index contributed by atoms with van der Waals surface area (Å²) in [6, 6.07) is 11.4. The van der Waals surface area contributed by atoms with E-state index < -0.39 is 80.3 Å². The van der Waals surface area contributed by atoms with Crippen molar-refractivity contribution < 1.29 is 52.7 Å². The Morgan fingerprint density at radius 2 is 1.42 bits per heavy atom. The zero-order valence-corrected chi connectivity index (χ0v) is 38.1. The molecule has 1 saturated heterocycles. The number of amides is 6. The van der Waals surface area contributed by atoms with Crippen molar-refractivity contribution >= 4 is 54.2 Å². The normalized spacial score (nSPS) is 16.4. The summed E-state index contributed by atoms with van der Waals surface area (Å²) >= 11 is 0. The van der Waals surface area contributed by atoms with Gasteiger partial charge in [-0.15, -0.1) is 0 Å². The fraction of sp³-hybridized carbons (Fsp3) is 0.556. The van der Waals surface area contributed by atoms with E-state index in [2.05, 4.69) is 54.6 Å². The van der Waals surface area contributed by atoms with Crippen LogP contribution in [0.15, 0.2) is 60.8 Å². The number of nitrogens with zero attached hydrogens (tertiary/aromatic N) is 2. The Morgan fingerprint density at radius 1 is 0.812 bits per heavy atom. The predicted molar refractivity (Wildman–Crippen MR) is 240 cm³/mol. The number of rotatable bonds is 26. The number of para-hydroxylation sites is 1. The Morgan fingerprint density at radius 3 is 2.06 bits per heavy atom. The molecule has 6 amide bonds. The molecule has 1 fully saturated rings. The van der Waals surface area contributed by atoms with E-state index in [-0.39, 0.29) is 24.7 Å². The maximum absolute atomic E-state index is 14.3. The van der Waals surface area contributed by atoms with Crippen molar-refractivity contribution in [2.24, 2.45) is 11.7 Å². The number of benzene rings is 2. The van der Waals surface area contributed by atoms with Gasteiger partial charge in [-0.25, -0.2) is 4.57 Å². The largest absolute Gasteiger partial charge is 0.469 e. The Hall–Kier alpha value is -5.13. The lowest BCUT2D eigenvalue weighted by atomic mass is 10.00. The molecule has 6 atom stereocenters. The van der Waals surface area contributed by atoms with Crippen molar-refractivity contribution in [2.45, 2.75) is 141 Å². The van der Waals surface area contributed by atoms with Crippen LogP contribution in [0.5, 0.6) is 0 Å². The number of carbonyl (C=O) groups is 6. The molecule has 0 saturated carbocycles. The molecule has 3 aromatic rings. The SMILES string of the molecule is CC(=O)N1CCC[C@H]1C(=O)N[C@@H](CC(C)C)C(=O)N[C@@H](Cc1cn(CCCCCCCCc2ccccc2)c2ccccc12)C(=O)N[C@@H](CO)C(=O)N[C@H](C(N)=O)[C@@H](C)OP(=O)(O)O. The molecule has 0 bridgehead atoms. The minimum absolute atomic E-state index is 0.0770. The number of phosphoric acid groups is 1. The standard InChI is InChI=1S/C45H66N7O11P/c1-29(2)25-35(48-45(59)39-22-16-24-52(39)31(4)54)42(56)47-36(43(57)49-37(28-53)44(58)50-40(41(46)55)30(3)63-64(60,61)62)26-33-27-51(38-21-14-13-20-34(33)38)23-15-8-6-5-7-10-17-32-18-11-9-12-19-32/h9,11-14,18-21,27,29-30,35-37,39-40,53H,5-8,10,15-17,22-26,28H2,1-4H3,(H2,46,55)(H,47,56)(H,48,59)(H,49,57)(H,50,58)(H2,60,61,62)/t30-,35+,36+,37+,39+,40+/m1/s1. The minimum atomic E-state index is -5.12. The molecule has 18 nitrogen and oxygen atoms in total. The predicted octanol–water partition coefficient (Wildman–Crippen LogP) is 2.74. The van der Waals surface area contributed by atoms with E-state index in [9.17, 15) is 48.2 Å². The summed E-state index contributed by atoms with van der Waals surface area (Å²) in [7, 11) is -5.12. The average molecular weight is 912 g/mol. The second kappa shape index (κ2) is 24.8. The third-order valence-corrected chi connectivity index (χ3v) is 12.0. The Balaban J connectivity index is 1.54. The number of fused-ring (bicyclic) bond motifs is 1. The lowest BCUT2D eigenvalue weighted by molar-refractivity contribution is -0.139. The van der Waals surface area contributed by atoms with E-state index in [1.54, 1.807) is 0 Å². The molecule has 1 aliphatic heterocycles. The lowest BCUT2D eigenvalue weighted by Gasteiger charge is -2.28. The molecule has 0 radical (unpaired) electrons. The minimum Gasteiger partial charge on any atom is -0.394 e. The zero-order valence-electron chi connectivity index (χ0n) is 37.2. The number of aliphatic hydroxyl groups excluding tert-OH is 1. The number of aromatic nitrogens is 1. The summed E-state index contributed by atoms with van der Waals surface area (Å²) in [6.07, 6.45) is 8.98. The van der Waals surface area contributed by atoms with Crippen molar-refractivity contribution in [1.29, 1.82) is 0 Å². The van der Waals surface area contributed by atoms with Gasteiger partial charge in [-0.2, -0.15) is 0 Å². The van der Waals surface area contributed by atoms with Crippen LogP contribution in [0.3, 0.4) is 0 Å². The molecule has 2 aromatic carbocycles. The quantitative estimate of drug-likeness (QED) is 0.0429. The highest BCUT2D eigenvalue weighted by molar-refractivity contribution is 7.46. The molecule has 0 unspecified atom stereocenters. The second-order valence-corrected chi connectivity index (χ2v) is 18.2.